The number of hydrogen-bond acceptors (Lipinski definition) is 3. The van der Waals surface area contributed by atoms with E-state index in [1.165, 1.54) is 24.8 Å². The lowest BCUT2D eigenvalue weighted by molar-refractivity contribution is -0.0447. The zero-order valence-corrected chi connectivity index (χ0v) is 12.9. The molecule has 0 bridgehead atoms. The lowest BCUT2D eigenvalue weighted by Crippen LogP contribution is -2.42. The second kappa shape index (κ2) is 7.21. The van der Waals surface area contributed by atoms with Crippen molar-refractivity contribution in [1.29, 1.82) is 0 Å². The van der Waals surface area contributed by atoms with Gasteiger partial charge in [0, 0.05) is 27.2 Å². The van der Waals surface area contributed by atoms with Gasteiger partial charge in [-0.2, -0.15) is 0 Å². The van der Waals surface area contributed by atoms with Gasteiger partial charge in [-0.25, -0.2) is 10.0 Å². The first-order valence-electron chi connectivity index (χ1n) is 7.78. The fourth-order valence-corrected chi connectivity index (χ4v) is 3.01. The van der Waals surface area contributed by atoms with Crippen molar-refractivity contribution in [3.05, 3.63) is 35.9 Å². The van der Waals surface area contributed by atoms with Gasteiger partial charge in [-0.1, -0.05) is 49.6 Å². The molecule has 0 radical (unpaired) electrons. The molecule has 20 heavy (non-hydrogen) atoms. The van der Waals surface area contributed by atoms with Crippen molar-refractivity contribution in [2.24, 2.45) is 0 Å². The minimum absolute atomic E-state index is 0.427. The normalized spacial score (nSPS) is 18.6. The van der Waals surface area contributed by atoms with Gasteiger partial charge in [-0.05, 0) is 24.8 Å². The van der Waals surface area contributed by atoms with Gasteiger partial charge in [0.15, 0.2) is 0 Å². The summed E-state index contributed by atoms with van der Waals surface area (Å²) in [4.78, 5) is 0. The molecule has 3 nitrogen and oxygen atoms in total. The number of rotatable bonds is 6. The second-order valence-electron chi connectivity index (χ2n) is 6.26. The highest BCUT2D eigenvalue weighted by atomic mass is 16.3. The monoisotopic (exact) mass is 276 g/mol. The standard InChI is InChI=1S/C17H28N2O/c1-18(2)19(15-16-9-5-3-6-10-16)14-13-17(20)11-7-4-8-12-17/h3,5-6,9-10,20H,4,7-8,11-15H2,1-2H3. The zero-order chi connectivity index (χ0) is 14.4. The Kier molecular flexibility index (Phi) is 5.58. The molecule has 112 valence electrons. The van der Waals surface area contributed by atoms with Gasteiger partial charge in [-0.3, -0.25) is 0 Å². The molecule has 1 aromatic carbocycles. The van der Waals surface area contributed by atoms with Crippen LogP contribution in [0.15, 0.2) is 30.3 Å². The van der Waals surface area contributed by atoms with Crippen LogP contribution in [0.25, 0.3) is 0 Å². The Balaban J connectivity index is 1.89. The van der Waals surface area contributed by atoms with E-state index in [1.807, 2.05) is 6.07 Å². The van der Waals surface area contributed by atoms with E-state index in [4.69, 9.17) is 0 Å². The molecule has 1 aromatic rings. The van der Waals surface area contributed by atoms with Crippen molar-refractivity contribution >= 4 is 0 Å². The molecule has 0 saturated heterocycles. The molecule has 0 atom stereocenters. The van der Waals surface area contributed by atoms with Crippen LogP contribution in [-0.4, -0.2) is 41.4 Å². The highest BCUT2D eigenvalue weighted by Gasteiger charge is 2.29. The fraction of sp³-hybridized carbons (Fsp3) is 0.647. The van der Waals surface area contributed by atoms with E-state index in [9.17, 15) is 5.11 Å². The van der Waals surface area contributed by atoms with Crippen LogP contribution in [0.2, 0.25) is 0 Å². The Morgan fingerprint density at radius 1 is 1.05 bits per heavy atom. The van der Waals surface area contributed by atoms with Crippen molar-refractivity contribution in [2.75, 3.05) is 20.6 Å². The van der Waals surface area contributed by atoms with E-state index in [0.29, 0.717) is 0 Å². The molecule has 3 heteroatoms. The van der Waals surface area contributed by atoms with Crippen molar-refractivity contribution < 1.29 is 5.11 Å². The number of nitrogens with zero attached hydrogens (tertiary/aromatic N) is 2. The molecule has 0 aliphatic heterocycles. The molecule has 0 heterocycles. The first kappa shape index (κ1) is 15.5. The molecule has 0 unspecified atom stereocenters. The molecule has 1 fully saturated rings. The fourth-order valence-electron chi connectivity index (χ4n) is 3.01. The number of hydrazine groups is 1. The quantitative estimate of drug-likeness (QED) is 0.809. The topological polar surface area (TPSA) is 26.7 Å². The van der Waals surface area contributed by atoms with Gasteiger partial charge < -0.3 is 5.11 Å². The minimum atomic E-state index is -0.427. The molecule has 0 spiro atoms. The molecule has 1 aliphatic carbocycles. The third-order valence-electron chi connectivity index (χ3n) is 4.39. The maximum Gasteiger partial charge on any atom is 0.0660 e. The largest absolute Gasteiger partial charge is 0.390 e. The lowest BCUT2D eigenvalue weighted by Gasteiger charge is -2.36. The maximum absolute atomic E-state index is 10.6. The van der Waals surface area contributed by atoms with Crippen LogP contribution in [0.1, 0.15) is 44.1 Å². The minimum Gasteiger partial charge on any atom is -0.390 e. The molecule has 2 rings (SSSR count). The molecular formula is C17H28N2O. The molecule has 0 aromatic heterocycles. The summed E-state index contributed by atoms with van der Waals surface area (Å²) in [5, 5.41) is 15.1. The highest BCUT2D eigenvalue weighted by molar-refractivity contribution is 5.14. The van der Waals surface area contributed by atoms with Crippen LogP contribution in [0.3, 0.4) is 0 Å². The molecule has 1 N–H and O–H groups in total. The van der Waals surface area contributed by atoms with Crippen LogP contribution in [0.5, 0.6) is 0 Å². The van der Waals surface area contributed by atoms with Crippen molar-refractivity contribution in [3.63, 3.8) is 0 Å². The van der Waals surface area contributed by atoms with Crippen LogP contribution in [0.4, 0.5) is 0 Å². The summed E-state index contributed by atoms with van der Waals surface area (Å²) in [6.45, 7) is 1.82. The summed E-state index contributed by atoms with van der Waals surface area (Å²) in [6.07, 6.45) is 6.45. The third kappa shape index (κ3) is 4.58. The zero-order valence-electron chi connectivity index (χ0n) is 12.9. The van der Waals surface area contributed by atoms with Gasteiger partial charge in [0.05, 0.1) is 5.60 Å². The highest BCUT2D eigenvalue weighted by Crippen LogP contribution is 2.31. The maximum atomic E-state index is 10.6. The average Bonchev–Trinajstić information content (AvgIpc) is 2.45. The van der Waals surface area contributed by atoms with E-state index in [-0.39, 0.29) is 0 Å². The van der Waals surface area contributed by atoms with E-state index >= 15 is 0 Å². The number of aliphatic hydroxyl groups is 1. The Morgan fingerprint density at radius 3 is 2.30 bits per heavy atom. The number of benzene rings is 1. The van der Waals surface area contributed by atoms with Gasteiger partial charge in [-0.15, -0.1) is 0 Å². The van der Waals surface area contributed by atoms with Crippen LogP contribution in [0, 0.1) is 0 Å². The smallest absolute Gasteiger partial charge is 0.0660 e. The van der Waals surface area contributed by atoms with E-state index in [0.717, 1.165) is 32.4 Å². The average molecular weight is 276 g/mol. The van der Waals surface area contributed by atoms with Crippen molar-refractivity contribution in [3.8, 4) is 0 Å². The Bertz CT molecular complexity index is 385. The molecule has 0 amide bonds. The van der Waals surface area contributed by atoms with Gasteiger partial charge in [0.1, 0.15) is 0 Å². The van der Waals surface area contributed by atoms with Gasteiger partial charge in [0.25, 0.3) is 0 Å². The third-order valence-corrected chi connectivity index (χ3v) is 4.39. The Morgan fingerprint density at radius 2 is 1.70 bits per heavy atom. The first-order valence-corrected chi connectivity index (χ1v) is 7.78. The van der Waals surface area contributed by atoms with Crippen LogP contribution < -0.4 is 0 Å². The summed E-state index contributed by atoms with van der Waals surface area (Å²) >= 11 is 0. The second-order valence-corrected chi connectivity index (χ2v) is 6.26. The SMILES string of the molecule is CN(C)N(CCC1(O)CCCCC1)Cc1ccccc1. The molecule has 1 aliphatic rings. The van der Waals surface area contributed by atoms with Crippen molar-refractivity contribution in [2.45, 2.75) is 50.7 Å². The molecule has 1 saturated carbocycles. The van der Waals surface area contributed by atoms with Crippen LogP contribution in [-0.2, 0) is 6.54 Å². The van der Waals surface area contributed by atoms with E-state index in [1.54, 1.807) is 0 Å². The number of hydrogen-bond donors (Lipinski definition) is 1. The lowest BCUT2D eigenvalue weighted by atomic mass is 9.82. The summed E-state index contributed by atoms with van der Waals surface area (Å²) in [7, 11) is 4.15. The molecular weight excluding hydrogens is 248 g/mol. The summed E-state index contributed by atoms with van der Waals surface area (Å²) in [5.74, 6) is 0. The van der Waals surface area contributed by atoms with E-state index in [2.05, 4.69) is 48.4 Å². The summed E-state index contributed by atoms with van der Waals surface area (Å²) in [6, 6.07) is 10.5. The Labute approximate surface area is 123 Å². The summed E-state index contributed by atoms with van der Waals surface area (Å²) < 4.78 is 0. The van der Waals surface area contributed by atoms with Crippen LogP contribution >= 0.6 is 0 Å². The summed E-state index contributed by atoms with van der Waals surface area (Å²) in [5.41, 5.74) is 0.889. The van der Waals surface area contributed by atoms with E-state index < -0.39 is 5.60 Å². The van der Waals surface area contributed by atoms with Gasteiger partial charge >= 0.3 is 0 Å². The first-order chi connectivity index (χ1) is 9.59. The Hall–Kier alpha value is -0.900. The predicted molar refractivity (Wildman–Crippen MR) is 83.2 cm³/mol. The van der Waals surface area contributed by atoms with Crippen molar-refractivity contribution in [1.82, 2.24) is 10.0 Å². The van der Waals surface area contributed by atoms with Gasteiger partial charge in [0.2, 0.25) is 0 Å². The predicted octanol–water partition coefficient (Wildman–Crippen LogP) is 3.05.